The predicted octanol–water partition coefficient (Wildman–Crippen LogP) is 0.0489. The highest BCUT2D eigenvalue weighted by Gasteiger charge is 2.50. The quantitative estimate of drug-likeness (QED) is 0.701. The summed E-state index contributed by atoms with van der Waals surface area (Å²) in [6.07, 6.45) is -0.359. The SMILES string of the molecule is CC(C)(C)OC(=O)N1CC2(CNC(C(=O)O)CO2)C1. The van der Waals surface area contributed by atoms with E-state index in [-0.39, 0.29) is 12.7 Å². The predicted molar refractivity (Wildman–Crippen MR) is 65.9 cm³/mol. The van der Waals surface area contributed by atoms with E-state index in [1.165, 1.54) is 0 Å². The number of carboxylic acid groups (broad SMARTS) is 1. The van der Waals surface area contributed by atoms with Crippen molar-refractivity contribution in [2.24, 2.45) is 0 Å². The standard InChI is InChI=1S/C12H20N2O5/c1-11(2,3)19-10(17)14-6-12(7-14)5-13-8(4-18-12)9(15)16/h8,13H,4-7H2,1-3H3,(H,15,16). The van der Waals surface area contributed by atoms with E-state index in [1.54, 1.807) is 4.90 Å². The van der Waals surface area contributed by atoms with Gasteiger partial charge in [0.1, 0.15) is 17.2 Å². The van der Waals surface area contributed by atoms with Crippen LogP contribution in [0.1, 0.15) is 20.8 Å². The molecule has 108 valence electrons. The third-order valence-electron chi connectivity index (χ3n) is 3.13. The van der Waals surface area contributed by atoms with Crippen LogP contribution in [0.15, 0.2) is 0 Å². The van der Waals surface area contributed by atoms with Gasteiger partial charge in [-0.1, -0.05) is 0 Å². The van der Waals surface area contributed by atoms with Crippen molar-refractivity contribution in [3.63, 3.8) is 0 Å². The Hall–Kier alpha value is -1.34. The molecule has 0 saturated carbocycles. The van der Waals surface area contributed by atoms with Crippen LogP contribution in [0.5, 0.6) is 0 Å². The van der Waals surface area contributed by atoms with E-state index in [0.29, 0.717) is 19.6 Å². The number of carbonyl (C=O) groups excluding carboxylic acids is 1. The first-order valence-electron chi connectivity index (χ1n) is 6.29. The molecule has 2 fully saturated rings. The molecule has 2 saturated heterocycles. The average Bonchev–Trinajstić information content (AvgIpc) is 2.23. The Bertz CT molecular complexity index is 374. The Morgan fingerprint density at radius 1 is 1.42 bits per heavy atom. The molecule has 2 N–H and O–H groups in total. The number of carboxylic acids is 1. The summed E-state index contributed by atoms with van der Waals surface area (Å²) in [6.45, 7) is 6.87. The van der Waals surface area contributed by atoms with Gasteiger partial charge in [-0.05, 0) is 20.8 Å². The van der Waals surface area contributed by atoms with E-state index in [0.717, 1.165) is 0 Å². The van der Waals surface area contributed by atoms with E-state index < -0.39 is 23.2 Å². The van der Waals surface area contributed by atoms with Crippen LogP contribution >= 0.6 is 0 Å². The lowest BCUT2D eigenvalue weighted by atomic mass is 9.92. The summed E-state index contributed by atoms with van der Waals surface area (Å²) in [5, 5.41) is 11.8. The highest BCUT2D eigenvalue weighted by molar-refractivity contribution is 5.74. The Balaban J connectivity index is 1.80. The number of nitrogens with zero attached hydrogens (tertiary/aromatic N) is 1. The molecule has 2 aliphatic rings. The lowest BCUT2D eigenvalue weighted by Crippen LogP contribution is -2.72. The van der Waals surface area contributed by atoms with Crippen molar-refractivity contribution >= 4 is 12.1 Å². The summed E-state index contributed by atoms with van der Waals surface area (Å²) in [5.74, 6) is -0.918. The third kappa shape index (κ3) is 3.16. The number of ether oxygens (including phenoxy) is 2. The Labute approximate surface area is 111 Å². The molecule has 0 aromatic rings. The summed E-state index contributed by atoms with van der Waals surface area (Å²) in [7, 11) is 0. The van der Waals surface area contributed by atoms with E-state index >= 15 is 0 Å². The van der Waals surface area contributed by atoms with Crippen molar-refractivity contribution in [3.05, 3.63) is 0 Å². The molecule has 1 amide bonds. The molecule has 7 nitrogen and oxygen atoms in total. The van der Waals surface area contributed by atoms with Gasteiger partial charge in [0.2, 0.25) is 0 Å². The minimum absolute atomic E-state index is 0.123. The van der Waals surface area contributed by atoms with Crippen LogP contribution in [0.3, 0.4) is 0 Å². The highest BCUT2D eigenvalue weighted by atomic mass is 16.6. The van der Waals surface area contributed by atoms with Crippen LogP contribution < -0.4 is 5.32 Å². The van der Waals surface area contributed by atoms with Crippen LogP contribution in [0, 0.1) is 0 Å². The van der Waals surface area contributed by atoms with Crippen molar-refractivity contribution in [2.45, 2.75) is 38.0 Å². The fourth-order valence-electron chi connectivity index (χ4n) is 2.15. The summed E-state index contributed by atoms with van der Waals surface area (Å²) in [6, 6.07) is -0.666. The van der Waals surface area contributed by atoms with Crippen molar-refractivity contribution in [1.29, 1.82) is 0 Å². The summed E-state index contributed by atoms with van der Waals surface area (Å²) >= 11 is 0. The van der Waals surface area contributed by atoms with Gasteiger partial charge in [-0.15, -0.1) is 0 Å². The van der Waals surface area contributed by atoms with Gasteiger partial charge in [0.05, 0.1) is 19.7 Å². The molecule has 1 atom stereocenters. The van der Waals surface area contributed by atoms with Crippen LogP contribution in [0.2, 0.25) is 0 Å². The number of amides is 1. The van der Waals surface area contributed by atoms with Gasteiger partial charge < -0.3 is 19.5 Å². The number of nitrogens with one attached hydrogen (secondary N) is 1. The minimum Gasteiger partial charge on any atom is -0.480 e. The van der Waals surface area contributed by atoms with Gasteiger partial charge in [0, 0.05) is 6.54 Å². The van der Waals surface area contributed by atoms with Gasteiger partial charge in [0.15, 0.2) is 0 Å². The van der Waals surface area contributed by atoms with Gasteiger partial charge in [-0.3, -0.25) is 10.1 Å². The normalized spacial score (nSPS) is 25.8. The number of morpholine rings is 1. The second-order valence-corrected chi connectivity index (χ2v) is 6.10. The van der Waals surface area contributed by atoms with E-state index in [9.17, 15) is 9.59 Å². The number of hydrogen-bond donors (Lipinski definition) is 2. The molecule has 2 rings (SSSR count). The molecule has 7 heteroatoms. The van der Waals surface area contributed by atoms with Crippen LogP contribution in [0.25, 0.3) is 0 Å². The first kappa shape index (κ1) is 14.1. The smallest absolute Gasteiger partial charge is 0.410 e. The third-order valence-corrected chi connectivity index (χ3v) is 3.13. The molecular formula is C12H20N2O5. The van der Waals surface area contributed by atoms with Crippen molar-refractivity contribution < 1.29 is 24.2 Å². The second kappa shape index (κ2) is 4.64. The lowest BCUT2D eigenvalue weighted by molar-refractivity contribution is -0.172. The van der Waals surface area contributed by atoms with Crippen LogP contribution in [0.4, 0.5) is 4.79 Å². The van der Waals surface area contributed by atoms with Crippen molar-refractivity contribution in [1.82, 2.24) is 10.2 Å². The summed E-state index contributed by atoms with van der Waals surface area (Å²) in [4.78, 5) is 24.1. The minimum atomic E-state index is -0.918. The van der Waals surface area contributed by atoms with Crippen molar-refractivity contribution in [3.8, 4) is 0 Å². The van der Waals surface area contributed by atoms with Crippen LogP contribution in [-0.2, 0) is 14.3 Å². The van der Waals surface area contributed by atoms with Gasteiger partial charge in [-0.25, -0.2) is 4.79 Å². The zero-order chi connectivity index (χ0) is 14.3. The second-order valence-electron chi connectivity index (χ2n) is 6.10. The average molecular weight is 272 g/mol. The maximum absolute atomic E-state index is 11.8. The molecule has 0 radical (unpaired) electrons. The molecule has 0 bridgehead atoms. The fourth-order valence-corrected chi connectivity index (χ4v) is 2.15. The first-order chi connectivity index (χ1) is 8.71. The Morgan fingerprint density at radius 2 is 2.05 bits per heavy atom. The maximum Gasteiger partial charge on any atom is 0.410 e. The first-order valence-corrected chi connectivity index (χ1v) is 6.29. The summed E-state index contributed by atoms with van der Waals surface area (Å²) in [5.41, 5.74) is -0.969. The van der Waals surface area contributed by atoms with E-state index in [2.05, 4.69) is 5.32 Å². The number of hydrogen-bond acceptors (Lipinski definition) is 5. The molecule has 1 spiro atoms. The number of likely N-dealkylation sites (tertiary alicyclic amines) is 1. The zero-order valence-electron chi connectivity index (χ0n) is 11.4. The number of aliphatic carboxylic acids is 1. The summed E-state index contributed by atoms with van der Waals surface area (Å²) < 4.78 is 10.8. The molecule has 2 aliphatic heterocycles. The van der Waals surface area contributed by atoms with Gasteiger partial charge >= 0.3 is 12.1 Å². The zero-order valence-corrected chi connectivity index (χ0v) is 11.4. The Kier molecular flexibility index (Phi) is 3.44. The Morgan fingerprint density at radius 3 is 2.47 bits per heavy atom. The molecule has 0 aromatic carbocycles. The molecule has 0 aromatic heterocycles. The number of rotatable bonds is 1. The van der Waals surface area contributed by atoms with Crippen molar-refractivity contribution in [2.75, 3.05) is 26.2 Å². The van der Waals surface area contributed by atoms with Crippen LogP contribution in [-0.4, -0.2) is 65.6 Å². The highest BCUT2D eigenvalue weighted by Crippen LogP contribution is 2.28. The molecular weight excluding hydrogens is 252 g/mol. The van der Waals surface area contributed by atoms with Gasteiger partial charge in [-0.2, -0.15) is 0 Å². The molecule has 2 heterocycles. The maximum atomic E-state index is 11.8. The lowest BCUT2D eigenvalue weighted by Gasteiger charge is -2.52. The largest absolute Gasteiger partial charge is 0.480 e. The fraction of sp³-hybridized carbons (Fsp3) is 0.833. The molecule has 0 aliphatic carbocycles. The van der Waals surface area contributed by atoms with Gasteiger partial charge in [0.25, 0.3) is 0 Å². The van der Waals surface area contributed by atoms with E-state index in [1.807, 2.05) is 20.8 Å². The monoisotopic (exact) mass is 272 g/mol. The van der Waals surface area contributed by atoms with E-state index in [4.69, 9.17) is 14.6 Å². The molecule has 19 heavy (non-hydrogen) atoms. The molecule has 1 unspecified atom stereocenters. The topological polar surface area (TPSA) is 88.1 Å². The number of carbonyl (C=O) groups is 2.